The van der Waals surface area contributed by atoms with E-state index in [0.29, 0.717) is 0 Å². The zero-order valence-corrected chi connectivity index (χ0v) is 9.13. The lowest BCUT2D eigenvalue weighted by molar-refractivity contribution is -0.142. The van der Waals surface area contributed by atoms with Crippen LogP contribution < -0.4 is 5.32 Å². The maximum absolute atomic E-state index is 10.8. The number of nitrogens with one attached hydrogen (secondary N) is 1. The van der Waals surface area contributed by atoms with Crippen molar-refractivity contribution in [3.63, 3.8) is 0 Å². The molecule has 82 valence electrons. The monoisotopic (exact) mass is 201 g/mol. The molecule has 0 fully saturated rings. The number of carbonyl (C=O) groups excluding carboxylic acids is 2. The van der Waals surface area contributed by atoms with Crippen molar-refractivity contribution >= 4 is 11.9 Å². The highest BCUT2D eigenvalue weighted by Crippen LogP contribution is 2.01. The normalized spacial score (nSPS) is 11.9. The summed E-state index contributed by atoms with van der Waals surface area (Å²) in [6, 6.07) is -0.0450. The summed E-state index contributed by atoms with van der Waals surface area (Å²) in [5.74, 6) is -0.393. The van der Waals surface area contributed by atoms with E-state index in [0.717, 1.165) is 19.3 Å². The summed E-state index contributed by atoms with van der Waals surface area (Å²) in [6.45, 7) is 5.18. The highest BCUT2D eigenvalue weighted by atomic mass is 16.5. The molecule has 0 aliphatic carbocycles. The van der Waals surface area contributed by atoms with Crippen molar-refractivity contribution in [3.05, 3.63) is 0 Å². The van der Waals surface area contributed by atoms with Gasteiger partial charge in [-0.05, 0) is 6.42 Å². The first kappa shape index (κ1) is 12.9. The highest BCUT2D eigenvalue weighted by Gasteiger charge is 2.10. The molecule has 0 saturated carbocycles. The summed E-state index contributed by atoms with van der Waals surface area (Å²) in [7, 11) is 0. The molecule has 0 rings (SSSR count). The number of rotatable bonds is 6. The van der Waals surface area contributed by atoms with Crippen molar-refractivity contribution in [2.75, 3.05) is 6.61 Å². The molecule has 0 spiro atoms. The summed E-state index contributed by atoms with van der Waals surface area (Å²) < 4.78 is 4.85. The number of carbonyl (C=O) groups is 2. The van der Waals surface area contributed by atoms with Crippen molar-refractivity contribution < 1.29 is 14.3 Å². The molecule has 0 heterocycles. The van der Waals surface area contributed by atoms with Crippen LogP contribution in [0.15, 0.2) is 0 Å². The molecule has 0 aromatic heterocycles. The molecule has 4 heteroatoms. The maximum Gasteiger partial charge on any atom is 0.302 e. The summed E-state index contributed by atoms with van der Waals surface area (Å²) in [4.78, 5) is 21.4. The van der Waals surface area contributed by atoms with Crippen LogP contribution in [-0.2, 0) is 14.3 Å². The van der Waals surface area contributed by atoms with Gasteiger partial charge in [0.1, 0.15) is 6.61 Å². The lowest BCUT2D eigenvalue weighted by Crippen LogP contribution is -2.37. The van der Waals surface area contributed by atoms with Gasteiger partial charge in [0.25, 0.3) is 0 Å². The second-order valence-electron chi connectivity index (χ2n) is 3.34. The van der Waals surface area contributed by atoms with E-state index in [4.69, 9.17) is 4.74 Å². The summed E-state index contributed by atoms with van der Waals surface area (Å²) >= 11 is 0. The Kier molecular flexibility index (Phi) is 6.80. The van der Waals surface area contributed by atoms with Crippen molar-refractivity contribution in [1.29, 1.82) is 0 Å². The summed E-state index contributed by atoms with van der Waals surface area (Å²) in [6.07, 6.45) is 2.94. The first-order chi connectivity index (χ1) is 6.56. The molecule has 0 aliphatic heterocycles. The van der Waals surface area contributed by atoms with Crippen LogP contribution in [0.5, 0.6) is 0 Å². The average Bonchev–Trinajstić information content (AvgIpc) is 2.09. The Hall–Kier alpha value is -1.06. The minimum atomic E-state index is -0.308. The first-order valence-corrected chi connectivity index (χ1v) is 4.96. The van der Waals surface area contributed by atoms with Crippen molar-refractivity contribution in [1.82, 2.24) is 5.32 Å². The van der Waals surface area contributed by atoms with E-state index in [9.17, 15) is 9.59 Å². The highest BCUT2D eigenvalue weighted by molar-refractivity contribution is 5.73. The summed E-state index contributed by atoms with van der Waals surface area (Å²) in [5, 5.41) is 2.75. The van der Waals surface area contributed by atoms with Crippen LogP contribution in [0.3, 0.4) is 0 Å². The fraction of sp³-hybridized carbons (Fsp3) is 0.800. The largest absolute Gasteiger partial charge is 0.464 e. The molecule has 0 radical (unpaired) electrons. The molecule has 0 aliphatic rings. The minimum absolute atomic E-state index is 0.0450. The lowest BCUT2D eigenvalue weighted by atomic mass is 10.1. The molecular formula is C10H19NO3. The molecule has 14 heavy (non-hydrogen) atoms. The molecule has 1 atom stereocenters. The van der Waals surface area contributed by atoms with E-state index in [1.807, 2.05) is 0 Å². The van der Waals surface area contributed by atoms with Gasteiger partial charge in [-0.3, -0.25) is 9.59 Å². The predicted molar refractivity (Wildman–Crippen MR) is 53.8 cm³/mol. The van der Waals surface area contributed by atoms with Crippen molar-refractivity contribution in [2.24, 2.45) is 0 Å². The van der Waals surface area contributed by atoms with Crippen LogP contribution in [0.4, 0.5) is 0 Å². The fourth-order valence-electron chi connectivity index (χ4n) is 1.15. The minimum Gasteiger partial charge on any atom is -0.464 e. The van der Waals surface area contributed by atoms with Gasteiger partial charge in [0.05, 0.1) is 6.04 Å². The van der Waals surface area contributed by atoms with Crippen LogP contribution in [0.25, 0.3) is 0 Å². The van der Waals surface area contributed by atoms with Gasteiger partial charge in [0.2, 0.25) is 5.91 Å². The van der Waals surface area contributed by atoms with Crippen LogP contribution in [0.1, 0.15) is 40.0 Å². The van der Waals surface area contributed by atoms with Crippen molar-refractivity contribution in [3.8, 4) is 0 Å². The summed E-state index contributed by atoms with van der Waals surface area (Å²) in [5.41, 5.74) is 0. The molecule has 0 bridgehead atoms. The molecule has 4 nitrogen and oxygen atoms in total. The molecule has 0 unspecified atom stereocenters. The van der Waals surface area contributed by atoms with E-state index in [2.05, 4.69) is 12.2 Å². The van der Waals surface area contributed by atoms with Crippen LogP contribution >= 0.6 is 0 Å². The Morgan fingerprint density at radius 1 is 1.36 bits per heavy atom. The van der Waals surface area contributed by atoms with Crippen LogP contribution in [-0.4, -0.2) is 24.5 Å². The SMILES string of the molecule is CCCC[C@H](COC(C)=O)NC(C)=O. The van der Waals surface area contributed by atoms with Gasteiger partial charge in [-0.1, -0.05) is 19.8 Å². The zero-order valence-electron chi connectivity index (χ0n) is 9.13. The number of hydrogen-bond acceptors (Lipinski definition) is 3. The average molecular weight is 201 g/mol. The van der Waals surface area contributed by atoms with Crippen LogP contribution in [0, 0.1) is 0 Å². The van der Waals surface area contributed by atoms with Gasteiger partial charge in [0, 0.05) is 13.8 Å². The third-order valence-electron chi connectivity index (χ3n) is 1.80. The number of hydrogen-bond donors (Lipinski definition) is 1. The molecule has 0 saturated heterocycles. The van der Waals surface area contributed by atoms with E-state index >= 15 is 0 Å². The smallest absolute Gasteiger partial charge is 0.302 e. The van der Waals surface area contributed by atoms with E-state index < -0.39 is 0 Å². The molecular weight excluding hydrogens is 182 g/mol. The van der Waals surface area contributed by atoms with Gasteiger partial charge in [-0.15, -0.1) is 0 Å². The first-order valence-electron chi connectivity index (χ1n) is 4.96. The third kappa shape index (κ3) is 7.58. The standard InChI is InChI=1S/C10H19NO3/c1-4-5-6-10(11-8(2)12)7-14-9(3)13/h10H,4-7H2,1-3H3,(H,11,12)/t10-/m1/s1. The molecule has 1 amide bonds. The van der Waals surface area contributed by atoms with Gasteiger partial charge in [0.15, 0.2) is 0 Å². The van der Waals surface area contributed by atoms with E-state index in [-0.39, 0.29) is 24.5 Å². The predicted octanol–water partition coefficient (Wildman–Crippen LogP) is 1.24. The molecule has 0 aromatic rings. The zero-order chi connectivity index (χ0) is 11.0. The Labute approximate surface area is 85.0 Å². The Bertz CT molecular complexity index is 192. The molecule has 0 aromatic carbocycles. The van der Waals surface area contributed by atoms with E-state index in [1.54, 1.807) is 0 Å². The number of esters is 1. The second kappa shape index (κ2) is 7.35. The quantitative estimate of drug-likeness (QED) is 0.658. The van der Waals surface area contributed by atoms with Crippen molar-refractivity contribution in [2.45, 2.75) is 46.1 Å². The number of ether oxygens (including phenoxy) is 1. The molecule has 1 N–H and O–H groups in total. The topological polar surface area (TPSA) is 55.4 Å². The van der Waals surface area contributed by atoms with Gasteiger partial charge in [-0.2, -0.15) is 0 Å². The third-order valence-corrected chi connectivity index (χ3v) is 1.80. The Morgan fingerprint density at radius 3 is 2.43 bits per heavy atom. The number of amides is 1. The lowest BCUT2D eigenvalue weighted by Gasteiger charge is -2.16. The number of unbranched alkanes of at least 4 members (excludes halogenated alkanes) is 1. The Morgan fingerprint density at radius 2 is 2.00 bits per heavy atom. The van der Waals surface area contributed by atoms with Gasteiger partial charge < -0.3 is 10.1 Å². The Balaban J connectivity index is 3.83. The fourth-order valence-corrected chi connectivity index (χ4v) is 1.15. The second-order valence-corrected chi connectivity index (χ2v) is 3.34. The van der Waals surface area contributed by atoms with Gasteiger partial charge >= 0.3 is 5.97 Å². The maximum atomic E-state index is 10.8. The van der Waals surface area contributed by atoms with Crippen LogP contribution in [0.2, 0.25) is 0 Å². The van der Waals surface area contributed by atoms with Gasteiger partial charge in [-0.25, -0.2) is 0 Å². The van der Waals surface area contributed by atoms with E-state index in [1.165, 1.54) is 13.8 Å².